The molecular formula is C10H22N4O2. The third-order valence-corrected chi connectivity index (χ3v) is 2.24. The summed E-state index contributed by atoms with van der Waals surface area (Å²) >= 11 is 0. The van der Waals surface area contributed by atoms with Crippen molar-refractivity contribution in [2.24, 2.45) is 10.9 Å². The first-order valence-electron chi connectivity index (χ1n) is 5.60. The molecule has 0 aromatic carbocycles. The topological polar surface area (TPSA) is 99.7 Å². The molecule has 0 rings (SSSR count). The van der Waals surface area contributed by atoms with E-state index in [4.69, 9.17) is 10.9 Å². The van der Waals surface area contributed by atoms with Crippen molar-refractivity contribution in [1.29, 1.82) is 0 Å². The standard InChI is InChI=1S/C10H22N4O2/c1-3-8(7-9(11)14-16)13-6-5-10(15)12-4-2/h8,13,16H,3-7H2,1-2H3,(H2,11,14)(H,12,15). The second-order valence-electron chi connectivity index (χ2n) is 3.56. The summed E-state index contributed by atoms with van der Waals surface area (Å²) in [4.78, 5) is 11.2. The summed E-state index contributed by atoms with van der Waals surface area (Å²) in [5, 5.41) is 17.3. The lowest BCUT2D eigenvalue weighted by Crippen LogP contribution is -2.36. The van der Waals surface area contributed by atoms with Gasteiger partial charge >= 0.3 is 0 Å². The Morgan fingerprint density at radius 1 is 1.50 bits per heavy atom. The molecule has 0 aliphatic carbocycles. The summed E-state index contributed by atoms with van der Waals surface area (Å²) in [6.45, 7) is 5.15. The largest absolute Gasteiger partial charge is 0.409 e. The number of nitrogens with one attached hydrogen (secondary N) is 2. The average molecular weight is 230 g/mol. The predicted octanol–water partition coefficient (Wildman–Crippen LogP) is 0.0173. The van der Waals surface area contributed by atoms with Crippen LogP contribution in [-0.2, 0) is 4.79 Å². The molecule has 0 saturated heterocycles. The third-order valence-electron chi connectivity index (χ3n) is 2.24. The number of hydrogen-bond acceptors (Lipinski definition) is 4. The molecule has 0 bridgehead atoms. The third kappa shape index (κ3) is 7.05. The Morgan fingerprint density at radius 3 is 2.69 bits per heavy atom. The first kappa shape index (κ1) is 14.7. The number of rotatable bonds is 8. The minimum Gasteiger partial charge on any atom is -0.409 e. The molecule has 94 valence electrons. The van der Waals surface area contributed by atoms with E-state index in [-0.39, 0.29) is 17.8 Å². The Hall–Kier alpha value is -1.30. The number of amides is 1. The maximum atomic E-state index is 11.2. The van der Waals surface area contributed by atoms with Crippen molar-refractivity contribution in [3.8, 4) is 0 Å². The van der Waals surface area contributed by atoms with Gasteiger partial charge in [-0.05, 0) is 13.3 Å². The van der Waals surface area contributed by atoms with Crippen molar-refractivity contribution in [3.63, 3.8) is 0 Å². The van der Waals surface area contributed by atoms with E-state index in [2.05, 4.69) is 15.8 Å². The van der Waals surface area contributed by atoms with Gasteiger partial charge in [0.15, 0.2) is 0 Å². The molecule has 1 atom stereocenters. The minimum absolute atomic E-state index is 0.0358. The monoisotopic (exact) mass is 230 g/mol. The number of carbonyl (C=O) groups is 1. The lowest BCUT2D eigenvalue weighted by Gasteiger charge is -2.15. The highest BCUT2D eigenvalue weighted by Crippen LogP contribution is 1.97. The van der Waals surface area contributed by atoms with Gasteiger partial charge in [0.2, 0.25) is 5.91 Å². The van der Waals surface area contributed by atoms with Gasteiger partial charge in [0.25, 0.3) is 0 Å². The Bertz CT molecular complexity index is 231. The number of oxime groups is 1. The van der Waals surface area contributed by atoms with Crippen LogP contribution in [0.25, 0.3) is 0 Å². The molecule has 0 fully saturated rings. The van der Waals surface area contributed by atoms with Crippen LogP contribution in [0.15, 0.2) is 5.16 Å². The first-order chi connectivity index (χ1) is 7.63. The maximum absolute atomic E-state index is 11.2. The molecule has 5 N–H and O–H groups in total. The summed E-state index contributed by atoms with van der Waals surface area (Å²) in [6, 6.07) is 0.144. The van der Waals surface area contributed by atoms with Crippen molar-refractivity contribution in [1.82, 2.24) is 10.6 Å². The summed E-state index contributed by atoms with van der Waals surface area (Å²) in [5.74, 6) is 0.242. The van der Waals surface area contributed by atoms with Crippen LogP contribution >= 0.6 is 0 Å². The highest BCUT2D eigenvalue weighted by molar-refractivity contribution is 5.80. The SMILES string of the molecule is CCNC(=O)CCNC(CC)CC(N)=NO. The van der Waals surface area contributed by atoms with Crippen molar-refractivity contribution in [3.05, 3.63) is 0 Å². The fraction of sp³-hybridized carbons (Fsp3) is 0.800. The summed E-state index contributed by atoms with van der Waals surface area (Å²) < 4.78 is 0. The number of hydrogen-bond donors (Lipinski definition) is 4. The molecule has 6 heteroatoms. The van der Waals surface area contributed by atoms with Crippen LogP contribution in [0.2, 0.25) is 0 Å². The van der Waals surface area contributed by atoms with Gasteiger partial charge in [0.1, 0.15) is 5.84 Å². The van der Waals surface area contributed by atoms with Crippen LogP contribution in [0.1, 0.15) is 33.1 Å². The summed E-state index contributed by atoms with van der Waals surface area (Å²) in [6.07, 6.45) is 1.80. The Labute approximate surface area is 96.3 Å². The molecule has 0 aromatic heterocycles. The summed E-state index contributed by atoms with van der Waals surface area (Å²) in [7, 11) is 0. The van der Waals surface area contributed by atoms with Gasteiger partial charge < -0.3 is 21.6 Å². The van der Waals surface area contributed by atoms with Crippen LogP contribution in [0.3, 0.4) is 0 Å². The van der Waals surface area contributed by atoms with Gasteiger partial charge in [-0.2, -0.15) is 0 Å². The molecule has 0 radical (unpaired) electrons. The lowest BCUT2D eigenvalue weighted by molar-refractivity contribution is -0.120. The van der Waals surface area contributed by atoms with Gasteiger partial charge in [-0.1, -0.05) is 12.1 Å². The first-order valence-corrected chi connectivity index (χ1v) is 5.60. The van der Waals surface area contributed by atoms with E-state index in [1.165, 1.54) is 0 Å². The molecule has 0 saturated carbocycles. The number of carbonyl (C=O) groups excluding carboxylic acids is 1. The zero-order chi connectivity index (χ0) is 12.4. The zero-order valence-corrected chi connectivity index (χ0v) is 9.99. The van der Waals surface area contributed by atoms with E-state index in [1.807, 2.05) is 13.8 Å². The van der Waals surface area contributed by atoms with Gasteiger partial charge in [-0.3, -0.25) is 4.79 Å². The molecule has 1 amide bonds. The molecule has 1 unspecified atom stereocenters. The highest BCUT2D eigenvalue weighted by Gasteiger charge is 2.08. The van der Waals surface area contributed by atoms with E-state index < -0.39 is 0 Å². The maximum Gasteiger partial charge on any atom is 0.221 e. The van der Waals surface area contributed by atoms with E-state index in [0.717, 1.165) is 6.42 Å². The van der Waals surface area contributed by atoms with Crippen LogP contribution in [0, 0.1) is 0 Å². The molecule has 6 nitrogen and oxygen atoms in total. The van der Waals surface area contributed by atoms with E-state index in [0.29, 0.717) is 25.9 Å². The van der Waals surface area contributed by atoms with Crippen LogP contribution in [0.4, 0.5) is 0 Å². The molecular weight excluding hydrogens is 208 g/mol. The van der Waals surface area contributed by atoms with Gasteiger partial charge in [0, 0.05) is 32.0 Å². The molecule has 16 heavy (non-hydrogen) atoms. The smallest absolute Gasteiger partial charge is 0.221 e. The van der Waals surface area contributed by atoms with E-state index in [9.17, 15) is 4.79 Å². The molecule has 0 spiro atoms. The second-order valence-corrected chi connectivity index (χ2v) is 3.56. The normalized spacial score (nSPS) is 13.5. The summed E-state index contributed by atoms with van der Waals surface area (Å²) in [5.41, 5.74) is 5.41. The molecule has 0 heterocycles. The van der Waals surface area contributed by atoms with Crippen LogP contribution < -0.4 is 16.4 Å². The van der Waals surface area contributed by atoms with Gasteiger partial charge in [0.05, 0.1) is 0 Å². The van der Waals surface area contributed by atoms with E-state index in [1.54, 1.807) is 0 Å². The van der Waals surface area contributed by atoms with Gasteiger partial charge in [-0.25, -0.2) is 0 Å². The van der Waals surface area contributed by atoms with Crippen LogP contribution in [0.5, 0.6) is 0 Å². The Balaban J connectivity index is 3.75. The zero-order valence-electron chi connectivity index (χ0n) is 9.99. The molecule has 0 aliphatic rings. The minimum atomic E-state index is 0.0358. The predicted molar refractivity (Wildman–Crippen MR) is 63.4 cm³/mol. The Morgan fingerprint density at radius 2 is 2.19 bits per heavy atom. The van der Waals surface area contributed by atoms with Gasteiger partial charge in [-0.15, -0.1) is 0 Å². The average Bonchev–Trinajstić information content (AvgIpc) is 2.27. The molecule has 0 aromatic rings. The van der Waals surface area contributed by atoms with Crippen molar-refractivity contribution < 1.29 is 10.0 Å². The molecule has 0 aliphatic heterocycles. The van der Waals surface area contributed by atoms with Crippen molar-refractivity contribution in [2.75, 3.05) is 13.1 Å². The second kappa shape index (κ2) is 8.96. The fourth-order valence-electron chi connectivity index (χ4n) is 1.33. The van der Waals surface area contributed by atoms with Crippen molar-refractivity contribution >= 4 is 11.7 Å². The number of amidine groups is 1. The van der Waals surface area contributed by atoms with Crippen LogP contribution in [-0.4, -0.2) is 36.1 Å². The quantitative estimate of drug-likeness (QED) is 0.204. The fourth-order valence-corrected chi connectivity index (χ4v) is 1.33. The van der Waals surface area contributed by atoms with Crippen molar-refractivity contribution in [2.45, 2.75) is 39.2 Å². The Kier molecular flexibility index (Phi) is 8.24. The van der Waals surface area contributed by atoms with E-state index >= 15 is 0 Å². The number of nitrogens with two attached hydrogens (primary N) is 1. The number of nitrogens with zero attached hydrogens (tertiary/aromatic N) is 1. The lowest BCUT2D eigenvalue weighted by atomic mass is 10.1. The highest BCUT2D eigenvalue weighted by atomic mass is 16.4.